The van der Waals surface area contributed by atoms with E-state index in [1.807, 2.05) is 6.92 Å². The van der Waals surface area contributed by atoms with E-state index < -0.39 is 10.9 Å². The van der Waals surface area contributed by atoms with Gasteiger partial charge in [0.1, 0.15) is 17.9 Å². The Hall–Kier alpha value is -2.19. The first-order valence-corrected chi connectivity index (χ1v) is 10.9. The number of nitro benzene ring substituents is 1. The Morgan fingerprint density at radius 1 is 1.03 bits per heavy atom. The van der Waals surface area contributed by atoms with Crippen molar-refractivity contribution in [2.45, 2.75) is 71.0 Å². The van der Waals surface area contributed by atoms with Gasteiger partial charge in [0.25, 0.3) is 5.69 Å². The largest absolute Gasteiger partial charge is 0.490 e. The summed E-state index contributed by atoms with van der Waals surface area (Å²) in [5, 5.41) is 11.1. The summed E-state index contributed by atoms with van der Waals surface area (Å²) < 4.78 is 22.7. The van der Waals surface area contributed by atoms with Gasteiger partial charge in [-0.15, -0.1) is 0 Å². The van der Waals surface area contributed by atoms with Crippen LogP contribution in [0, 0.1) is 10.1 Å². The number of rotatable bonds is 14. The van der Waals surface area contributed by atoms with Gasteiger partial charge < -0.3 is 18.9 Å². The number of nitro groups is 1. The average molecular weight is 424 g/mol. The first-order valence-electron chi connectivity index (χ1n) is 10.9. The van der Waals surface area contributed by atoms with Crippen molar-refractivity contribution >= 4 is 11.7 Å². The molecule has 0 amide bonds. The van der Waals surface area contributed by atoms with Crippen LogP contribution in [0.1, 0.15) is 69.2 Å². The van der Waals surface area contributed by atoms with Gasteiger partial charge in [0.15, 0.2) is 0 Å². The van der Waals surface area contributed by atoms with E-state index in [-0.39, 0.29) is 35.8 Å². The zero-order valence-corrected chi connectivity index (χ0v) is 18.0. The standard InChI is InChI=1S/C22H33NO7/c1-3-5-12-27-19-8-7-9-20(19)28-14-15-29-21-16-17(23(25)26)10-11-18(21)22(24)30-13-6-4-2/h10-11,16,19-20H,3-9,12-15H2,1-2H3. The molecular formula is C22H33NO7. The zero-order valence-electron chi connectivity index (χ0n) is 18.0. The maximum absolute atomic E-state index is 12.3. The summed E-state index contributed by atoms with van der Waals surface area (Å²) in [6.07, 6.45) is 6.95. The van der Waals surface area contributed by atoms with Gasteiger partial charge in [0.2, 0.25) is 0 Å². The van der Waals surface area contributed by atoms with Crippen molar-refractivity contribution in [2.24, 2.45) is 0 Å². The molecule has 0 radical (unpaired) electrons. The summed E-state index contributed by atoms with van der Waals surface area (Å²) in [4.78, 5) is 22.9. The molecule has 1 aliphatic carbocycles. The number of nitrogens with zero attached hydrogens (tertiary/aromatic N) is 1. The molecule has 30 heavy (non-hydrogen) atoms. The maximum Gasteiger partial charge on any atom is 0.341 e. The number of benzene rings is 1. The minimum Gasteiger partial charge on any atom is -0.490 e. The van der Waals surface area contributed by atoms with Crippen LogP contribution in [0.2, 0.25) is 0 Å². The summed E-state index contributed by atoms with van der Waals surface area (Å²) in [6, 6.07) is 3.90. The summed E-state index contributed by atoms with van der Waals surface area (Å²) in [5.41, 5.74) is 0.0366. The molecule has 0 aliphatic heterocycles. The minimum absolute atomic E-state index is 0.0362. The number of ether oxygens (including phenoxy) is 4. The Morgan fingerprint density at radius 3 is 2.37 bits per heavy atom. The van der Waals surface area contributed by atoms with Crippen LogP contribution >= 0.6 is 0 Å². The molecule has 1 aromatic carbocycles. The SMILES string of the molecule is CCCCOC(=O)c1ccc([N+](=O)[O-])cc1OCCOC1CCCC1OCCCC. The highest BCUT2D eigenvalue weighted by Crippen LogP contribution is 2.27. The molecule has 8 heteroatoms. The molecule has 2 rings (SSSR count). The molecule has 0 bridgehead atoms. The van der Waals surface area contributed by atoms with Crippen molar-refractivity contribution in [3.8, 4) is 5.75 Å². The molecule has 2 unspecified atom stereocenters. The summed E-state index contributed by atoms with van der Waals surface area (Å²) in [6.45, 7) is 5.66. The molecule has 0 N–H and O–H groups in total. The van der Waals surface area contributed by atoms with Crippen molar-refractivity contribution in [3.05, 3.63) is 33.9 Å². The van der Waals surface area contributed by atoms with Crippen molar-refractivity contribution in [3.63, 3.8) is 0 Å². The van der Waals surface area contributed by atoms with Crippen molar-refractivity contribution < 1.29 is 28.7 Å². The van der Waals surface area contributed by atoms with Crippen LogP contribution in [0.3, 0.4) is 0 Å². The fourth-order valence-electron chi connectivity index (χ4n) is 3.30. The summed E-state index contributed by atoms with van der Waals surface area (Å²) in [5.74, 6) is -0.411. The average Bonchev–Trinajstić information content (AvgIpc) is 3.18. The van der Waals surface area contributed by atoms with E-state index in [0.29, 0.717) is 13.2 Å². The number of non-ortho nitro benzene ring substituents is 1. The third kappa shape index (κ3) is 7.57. The van der Waals surface area contributed by atoms with Crippen LogP contribution in [0.25, 0.3) is 0 Å². The number of hydrogen-bond donors (Lipinski definition) is 0. The molecule has 8 nitrogen and oxygen atoms in total. The lowest BCUT2D eigenvalue weighted by atomic mass is 10.2. The number of carbonyl (C=O) groups excluding carboxylic acids is 1. The van der Waals surface area contributed by atoms with Gasteiger partial charge in [-0.05, 0) is 38.2 Å². The van der Waals surface area contributed by atoms with Gasteiger partial charge in [-0.1, -0.05) is 26.7 Å². The molecule has 1 fully saturated rings. The topological polar surface area (TPSA) is 97.1 Å². The summed E-state index contributed by atoms with van der Waals surface area (Å²) >= 11 is 0. The number of unbranched alkanes of at least 4 members (excludes halogenated alkanes) is 2. The van der Waals surface area contributed by atoms with Crippen molar-refractivity contribution in [1.29, 1.82) is 0 Å². The highest BCUT2D eigenvalue weighted by Gasteiger charge is 2.28. The lowest BCUT2D eigenvalue weighted by Crippen LogP contribution is -2.28. The van der Waals surface area contributed by atoms with E-state index in [0.717, 1.165) is 51.6 Å². The normalized spacial score (nSPS) is 18.3. The van der Waals surface area contributed by atoms with Gasteiger partial charge in [0, 0.05) is 12.7 Å². The van der Waals surface area contributed by atoms with Crippen LogP contribution < -0.4 is 4.74 Å². The number of esters is 1. The molecule has 2 atom stereocenters. The minimum atomic E-state index is -0.547. The first-order chi connectivity index (χ1) is 14.6. The van der Waals surface area contributed by atoms with E-state index >= 15 is 0 Å². The molecule has 1 aromatic rings. The fraction of sp³-hybridized carbons (Fsp3) is 0.682. The molecule has 168 valence electrons. The smallest absolute Gasteiger partial charge is 0.341 e. The van der Waals surface area contributed by atoms with E-state index in [2.05, 4.69) is 6.92 Å². The highest BCUT2D eigenvalue weighted by atomic mass is 16.6. The lowest BCUT2D eigenvalue weighted by Gasteiger charge is -2.21. The van der Waals surface area contributed by atoms with E-state index in [4.69, 9.17) is 18.9 Å². The van der Waals surface area contributed by atoms with E-state index in [9.17, 15) is 14.9 Å². The van der Waals surface area contributed by atoms with Crippen molar-refractivity contribution in [1.82, 2.24) is 0 Å². The van der Waals surface area contributed by atoms with Crippen LogP contribution in [0.5, 0.6) is 5.75 Å². The Kier molecular flexibility index (Phi) is 10.6. The third-order valence-corrected chi connectivity index (χ3v) is 5.02. The van der Waals surface area contributed by atoms with Crippen LogP contribution in [0.15, 0.2) is 18.2 Å². The maximum atomic E-state index is 12.3. The molecule has 0 heterocycles. The van der Waals surface area contributed by atoms with Crippen LogP contribution in [-0.4, -0.2) is 49.5 Å². The van der Waals surface area contributed by atoms with Crippen LogP contribution in [-0.2, 0) is 14.2 Å². The highest BCUT2D eigenvalue weighted by molar-refractivity contribution is 5.93. The first kappa shape index (κ1) is 24.1. The molecule has 1 saturated carbocycles. The van der Waals surface area contributed by atoms with Crippen molar-refractivity contribution in [2.75, 3.05) is 26.4 Å². The Morgan fingerprint density at radius 2 is 1.70 bits per heavy atom. The van der Waals surface area contributed by atoms with E-state index in [1.54, 1.807) is 0 Å². The Labute approximate surface area is 178 Å². The van der Waals surface area contributed by atoms with Gasteiger partial charge >= 0.3 is 5.97 Å². The van der Waals surface area contributed by atoms with Gasteiger partial charge in [-0.3, -0.25) is 10.1 Å². The van der Waals surface area contributed by atoms with E-state index in [1.165, 1.54) is 18.2 Å². The Balaban J connectivity index is 1.90. The predicted octanol–water partition coefficient (Wildman–Crippen LogP) is 4.68. The number of hydrogen-bond acceptors (Lipinski definition) is 7. The second-order valence-electron chi connectivity index (χ2n) is 7.38. The molecule has 0 aromatic heterocycles. The fourth-order valence-corrected chi connectivity index (χ4v) is 3.30. The van der Waals surface area contributed by atoms with Crippen LogP contribution in [0.4, 0.5) is 5.69 Å². The lowest BCUT2D eigenvalue weighted by molar-refractivity contribution is -0.384. The molecule has 1 aliphatic rings. The van der Waals surface area contributed by atoms with Gasteiger partial charge in [-0.25, -0.2) is 4.79 Å². The zero-order chi connectivity index (χ0) is 21.8. The Bertz CT molecular complexity index is 679. The quantitative estimate of drug-likeness (QED) is 0.185. The second-order valence-corrected chi connectivity index (χ2v) is 7.38. The summed E-state index contributed by atoms with van der Waals surface area (Å²) in [7, 11) is 0. The molecule has 0 spiro atoms. The molecule has 0 saturated heterocycles. The predicted molar refractivity (Wildman–Crippen MR) is 112 cm³/mol. The van der Waals surface area contributed by atoms with Gasteiger partial charge in [-0.2, -0.15) is 0 Å². The monoisotopic (exact) mass is 423 g/mol. The van der Waals surface area contributed by atoms with Gasteiger partial charge in [0.05, 0.1) is 36.4 Å². The molecular weight excluding hydrogens is 390 g/mol. The number of carbonyl (C=O) groups is 1. The third-order valence-electron chi connectivity index (χ3n) is 5.02. The second kappa shape index (κ2) is 13.2.